The molecule has 0 saturated heterocycles. The average molecular weight is 219 g/mol. The van der Waals surface area contributed by atoms with E-state index in [0.29, 0.717) is 5.52 Å². The predicted octanol–water partition coefficient (Wildman–Crippen LogP) is 2.03. The lowest BCUT2D eigenvalue weighted by atomic mass is 10.2. The lowest BCUT2D eigenvalue weighted by Crippen LogP contribution is -2.08. The van der Waals surface area contributed by atoms with Crippen LogP contribution in [0, 0.1) is 10.1 Å². The predicted molar refractivity (Wildman–Crippen MR) is 59.3 cm³/mol. The van der Waals surface area contributed by atoms with Gasteiger partial charge in [0.15, 0.2) is 0 Å². The van der Waals surface area contributed by atoms with Crippen molar-refractivity contribution in [2.75, 3.05) is 5.32 Å². The Labute approximate surface area is 90.4 Å². The highest BCUT2D eigenvalue weighted by Gasteiger charge is 2.19. The van der Waals surface area contributed by atoms with Crippen molar-refractivity contribution >= 4 is 28.2 Å². The fourth-order valence-electron chi connectivity index (χ4n) is 1.59. The number of rotatable bonds is 2. The quantitative estimate of drug-likeness (QED) is 0.598. The third kappa shape index (κ3) is 1.60. The first kappa shape index (κ1) is 10.2. The number of H-pyrrole nitrogens is 1. The topological polar surface area (TPSA) is 88.0 Å². The van der Waals surface area contributed by atoms with Crippen LogP contribution < -0.4 is 5.32 Å². The molecule has 2 aromatic rings. The molecule has 0 unspecified atom stereocenters. The van der Waals surface area contributed by atoms with Crippen LogP contribution in [0.25, 0.3) is 10.9 Å². The smallest absolute Gasteiger partial charge is 0.316 e. The van der Waals surface area contributed by atoms with Gasteiger partial charge in [0.2, 0.25) is 5.91 Å². The zero-order valence-corrected chi connectivity index (χ0v) is 8.48. The summed E-state index contributed by atoms with van der Waals surface area (Å²) < 4.78 is 0. The highest BCUT2D eigenvalue weighted by Crippen LogP contribution is 2.32. The Bertz CT molecular complexity index is 574. The number of hydrogen-bond donors (Lipinski definition) is 2. The Hall–Kier alpha value is -2.37. The second-order valence-corrected chi connectivity index (χ2v) is 3.34. The number of nitrogens with one attached hydrogen (secondary N) is 2. The summed E-state index contributed by atoms with van der Waals surface area (Å²) >= 11 is 0. The summed E-state index contributed by atoms with van der Waals surface area (Å²) in [6, 6.07) is 4.97. The molecule has 6 nitrogen and oxygen atoms in total. The zero-order chi connectivity index (χ0) is 11.7. The second-order valence-electron chi connectivity index (χ2n) is 3.34. The van der Waals surface area contributed by atoms with Gasteiger partial charge in [-0.3, -0.25) is 14.9 Å². The largest absolute Gasteiger partial charge is 0.356 e. The Balaban J connectivity index is 2.68. The molecule has 0 spiro atoms. The van der Waals surface area contributed by atoms with Crippen LogP contribution in [-0.2, 0) is 4.79 Å². The normalized spacial score (nSPS) is 10.3. The van der Waals surface area contributed by atoms with E-state index in [2.05, 4.69) is 10.3 Å². The molecular formula is C10H9N3O3. The molecule has 2 N–H and O–H groups in total. The number of fused-ring (bicyclic) bond motifs is 1. The summed E-state index contributed by atoms with van der Waals surface area (Å²) in [4.78, 5) is 24.1. The number of carbonyl (C=O) groups is 1. The molecule has 1 heterocycles. The van der Waals surface area contributed by atoms with Crippen molar-refractivity contribution in [2.24, 2.45) is 0 Å². The van der Waals surface area contributed by atoms with Crippen molar-refractivity contribution in [2.45, 2.75) is 6.92 Å². The molecular weight excluding hydrogens is 210 g/mol. The first-order valence-corrected chi connectivity index (χ1v) is 4.61. The van der Waals surface area contributed by atoms with Gasteiger partial charge in [-0.25, -0.2) is 0 Å². The minimum absolute atomic E-state index is 0.113. The van der Waals surface area contributed by atoms with Gasteiger partial charge in [-0.05, 0) is 12.1 Å². The second kappa shape index (κ2) is 3.65. The van der Waals surface area contributed by atoms with Crippen LogP contribution >= 0.6 is 0 Å². The van der Waals surface area contributed by atoms with E-state index in [1.54, 1.807) is 18.3 Å². The number of benzene rings is 1. The van der Waals surface area contributed by atoms with Crippen LogP contribution in [0.2, 0.25) is 0 Å². The molecule has 6 heteroatoms. The standard InChI is InChI=1S/C10H9N3O3/c1-6(14)12-8-3-2-7-4-5-11-9(7)10(8)13(15)16/h2-5,11H,1H3,(H,12,14). The van der Waals surface area contributed by atoms with Crippen molar-refractivity contribution in [3.63, 3.8) is 0 Å². The van der Waals surface area contributed by atoms with E-state index in [0.717, 1.165) is 5.39 Å². The number of carbonyl (C=O) groups excluding carboxylic acids is 1. The third-order valence-corrected chi connectivity index (χ3v) is 2.19. The molecule has 82 valence electrons. The summed E-state index contributed by atoms with van der Waals surface area (Å²) in [6.07, 6.45) is 1.62. The first-order chi connectivity index (χ1) is 7.59. The van der Waals surface area contributed by atoms with Crippen LogP contribution in [0.15, 0.2) is 24.4 Å². The molecule has 2 rings (SSSR count). The van der Waals surface area contributed by atoms with Gasteiger partial charge in [0, 0.05) is 18.5 Å². The van der Waals surface area contributed by atoms with E-state index < -0.39 is 4.92 Å². The van der Waals surface area contributed by atoms with E-state index in [1.807, 2.05) is 0 Å². The molecule has 0 atom stereocenters. The minimum atomic E-state index is -0.510. The number of aromatic amines is 1. The van der Waals surface area contributed by atoms with Crippen LogP contribution in [0.4, 0.5) is 11.4 Å². The van der Waals surface area contributed by atoms with Gasteiger partial charge in [-0.1, -0.05) is 6.07 Å². The molecule has 0 radical (unpaired) electrons. The molecule has 0 bridgehead atoms. The van der Waals surface area contributed by atoms with E-state index in [9.17, 15) is 14.9 Å². The van der Waals surface area contributed by atoms with E-state index in [1.165, 1.54) is 13.0 Å². The zero-order valence-electron chi connectivity index (χ0n) is 8.48. The van der Waals surface area contributed by atoms with Gasteiger partial charge < -0.3 is 10.3 Å². The Morgan fingerprint density at radius 1 is 1.44 bits per heavy atom. The number of anilines is 1. The van der Waals surface area contributed by atoms with Crippen molar-refractivity contribution in [1.82, 2.24) is 4.98 Å². The molecule has 1 amide bonds. The Morgan fingerprint density at radius 2 is 2.19 bits per heavy atom. The molecule has 16 heavy (non-hydrogen) atoms. The SMILES string of the molecule is CC(=O)Nc1ccc2cc[nH]c2c1[N+](=O)[O-]. The van der Waals surface area contributed by atoms with E-state index >= 15 is 0 Å². The third-order valence-electron chi connectivity index (χ3n) is 2.19. The van der Waals surface area contributed by atoms with Crippen molar-refractivity contribution in [3.05, 3.63) is 34.5 Å². The first-order valence-electron chi connectivity index (χ1n) is 4.61. The molecule has 0 aliphatic heterocycles. The van der Waals surface area contributed by atoms with Gasteiger partial charge in [0.1, 0.15) is 11.2 Å². The lowest BCUT2D eigenvalue weighted by molar-refractivity contribution is -0.382. The van der Waals surface area contributed by atoms with Gasteiger partial charge in [-0.2, -0.15) is 0 Å². The molecule has 0 saturated carbocycles. The van der Waals surface area contributed by atoms with Crippen molar-refractivity contribution in [3.8, 4) is 0 Å². The molecule has 0 aliphatic carbocycles. The monoisotopic (exact) mass is 219 g/mol. The van der Waals surface area contributed by atoms with Crippen LogP contribution in [-0.4, -0.2) is 15.8 Å². The fraction of sp³-hybridized carbons (Fsp3) is 0.100. The lowest BCUT2D eigenvalue weighted by Gasteiger charge is -2.03. The Kier molecular flexibility index (Phi) is 2.32. The summed E-state index contributed by atoms with van der Waals surface area (Å²) in [5.74, 6) is -0.339. The van der Waals surface area contributed by atoms with Crippen molar-refractivity contribution in [1.29, 1.82) is 0 Å². The van der Waals surface area contributed by atoms with Gasteiger partial charge in [0.25, 0.3) is 0 Å². The van der Waals surface area contributed by atoms with Gasteiger partial charge >= 0.3 is 5.69 Å². The molecule has 0 aliphatic rings. The summed E-state index contributed by atoms with van der Waals surface area (Å²) in [6.45, 7) is 1.31. The molecule has 1 aromatic carbocycles. The van der Waals surface area contributed by atoms with E-state index in [4.69, 9.17) is 0 Å². The number of aromatic nitrogens is 1. The summed E-state index contributed by atoms with van der Waals surface area (Å²) in [7, 11) is 0. The summed E-state index contributed by atoms with van der Waals surface area (Å²) in [5.41, 5.74) is 0.501. The maximum Gasteiger partial charge on any atom is 0.316 e. The number of hydrogen-bond acceptors (Lipinski definition) is 3. The molecule has 1 aromatic heterocycles. The molecule has 0 fully saturated rings. The number of nitro benzene ring substituents is 1. The maximum absolute atomic E-state index is 10.9. The van der Waals surface area contributed by atoms with Crippen LogP contribution in [0.3, 0.4) is 0 Å². The number of nitrogens with zero attached hydrogens (tertiary/aromatic N) is 1. The number of amides is 1. The Morgan fingerprint density at radius 3 is 2.81 bits per heavy atom. The fourth-order valence-corrected chi connectivity index (χ4v) is 1.59. The highest BCUT2D eigenvalue weighted by atomic mass is 16.6. The minimum Gasteiger partial charge on any atom is -0.356 e. The van der Waals surface area contributed by atoms with Crippen LogP contribution in [0.5, 0.6) is 0 Å². The summed E-state index contributed by atoms with van der Waals surface area (Å²) in [5, 5.41) is 14.1. The van der Waals surface area contributed by atoms with Gasteiger partial charge in [-0.15, -0.1) is 0 Å². The van der Waals surface area contributed by atoms with Crippen LogP contribution in [0.1, 0.15) is 6.92 Å². The van der Waals surface area contributed by atoms with E-state index in [-0.39, 0.29) is 17.3 Å². The highest BCUT2D eigenvalue weighted by molar-refractivity contribution is 5.99. The maximum atomic E-state index is 10.9. The van der Waals surface area contributed by atoms with Gasteiger partial charge in [0.05, 0.1) is 4.92 Å². The number of nitro groups is 1. The average Bonchev–Trinajstić information content (AvgIpc) is 2.63. The van der Waals surface area contributed by atoms with Crippen molar-refractivity contribution < 1.29 is 9.72 Å².